The Morgan fingerprint density at radius 3 is 2.71 bits per heavy atom. The summed E-state index contributed by atoms with van der Waals surface area (Å²) < 4.78 is 23.9. The van der Waals surface area contributed by atoms with Crippen LogP contribution in [0.25, 0.3) is 0 Å². The van der Waals surface area contributed by atoms with E-state index >= 15 is 0 Å². The number of sulfonamides is 1. The highest BCUT2D eigenvalue weighted by atomic mass is 35.5. The molecule has 1 heterocycles. The van der Waals surface area contributed by atoms with Gasteiger partial charge in [0, 0.05) is 18.5 Å². The second kappa shape index (κ2) is 4.57. The van der Waals surface area contributed by atoms with Crippen molar-refractivity contribution in [2.24, 2.45) is 0 Å². The lowest BCUT2D eigenvalue weighted by Gasteiger charge is -2.14. The number of hydrogen-bond donors (Lipinski definition) is 0. The molecule has 1 rings (SSSR count). The summed E-state index contributed by atoms with van der Waals surface area (Å²) in [5.74, 6) is 0. The first kappa shape index (κ1) is 11.9. The summed E-state index contributed by atoms with van der Waals surface area (Å²) in [4.78, 5) is 4.99. The van der Waals surface area contributed by atoms with Crippen LogP contribution in [0.15, 0.2) is 5.51 Å². The Bertz CT molecular complexity index is 402. The molecule has 0 saturated carbocycles. The lowest BCUT2D eigenvalue weighted by molar-refractivity contribution is 0.473. The van der Waals surface area contributed by atoms with Crippen molar-refractivity contribution in [1.29, 1.82) is 0 Å². The van der Waals surface area contributed by atoms with E-state index in [4.69, 9.17) is 11.6 Å². The SMILES string of the molecule is Cc1ncsc1CN(C)S(=O)(=O)CCl. The Hall–Kier alpha value is -0.170. The number of hydrogen-bond acceptors (Lipinski definition) is 4. The third-order valence-corrected chi connectivity index (χ3v) is 4.93. The number of thiazole rings is 1. The van der Waals surface area contributed by atoms with Gasteiger partial charge in [-0.1, -0.05) is 0 Å². The molecular weight excluding hydrogens is 244 g/mol. The third-order valence-electron chi connectivity index (χ3n) is 1.82. The molecule has 0 spiro atoms. The molecule has 0 radical (unpaired) electrons. The maximum Gasteiger partial charge on any atom is 0.228 e. The van der Waals surface area contributed by atoms with E-state index in [0.29, 0.717) is 6.54 Å². The molecule has 0 fully saturated rings. The van der Waals surface area contributed by atoms with Gasteiger partial charge in [0.15, 0.2) is 0 Å². The first-order valence-electron chi connectivity index (χ1n) is 3.86. The second-order valence-corrected chi connectivity index (χ2v) is 6.44. The van der Waals surface area contributed by atoms with E-state index in [1.54, 1.807) is 5.51 Å². The van der Waals surface area contributed by atoms with Gasteiger partial charge in [-0.15, -0.1) is 22.9 Å². The van der Waals surface area contributed by atoms with E-state index in [1.165, 1.54) is 22.7 Å². The number of rotatable bonds is 4. The highest BCUT2D eigenvalue weighted by Gasteiger charge is 2.17. The lowest BCUT2D eigenvalue weighted by atomic mass is 10.4. The first-order valence-corrected chi connectivity index (χ1v) is 6.88. The molecule has 1 aromatic rings. The van der Waals surface area contributed by atoms with Gasteiger partial charge in [0.05, 0.1) is 11.2 Å². The minimum absolute atomic E-state index is 0.339. The minimum Gasteiger partial charge on any atom is -0.250 e. The van der Waals surface area contributed by atoms with E-state index < -0.39 is 10.0 Å². The number of halogens is 1. The largest absolute Gasteiger partial charge is 0.250 e. The predicted octanol–water partition coefficient (Wildman–Crippen LogP) is 1.41. The number of aryl methyl sites for hydroxylation is 1. The Labute approximate surface area is 92.6 Å². The summed E-state index contributed by atoms with van der Waals surface area (Å²) in [7, 11) is -1.80. The summed E-state index contributed by atoms with van der Waals surface area (Å²) in [6.07, 6.45) is 0. The van der Waals surface area contributed by atoms with Gasteiger partial charge in [0.1, 0.15) is 5.21 Å². The molecule has 0 aliphatic rings. The van der Waals surface area contributed by atoms with Crippen molar-refractivity contribution in [3.8, 4) is 0 Å². The lowest BCUT2D eigenvalue weighted by Crippen LogP contribution is -2.27. The fourth-order valence-corrected chi connectivity index (χ4v) is 2.77. The van der Waals surface area contributed by atoms with Crippen LogP contribution in [0.2, 0.25) is 0 Å². The van der Waals surface area contributed by atoms with Crippen LogP contribution < -0.4 is 0 Å². The summed E-state index contributed by atoms with van der Waals surface area (Å²) in [6, 6.07) is 0. The van der Waals surface area contributed by atoms with Crippen molar-refractivity contribution in [1.82, 2.24) is 9.29 Å². The molecule has 0 aliphatic carbocycles. The predicted molar refractivity (Wildman–Crippen MR) is 58.0 cm³/mol. The molecule has 0 aliphatic heterocycles. The number of aromatic nitrogens is 1. The van der Waals surface area contributed by atoms with Crippen LogP contribution in [0.3, 0.4) is 0 Å². The van der Waals surface area contributed by atoms with E-state index in [-0.39, 0.29) is 5.21 Å². The van der Waals surface area contributed by atoms with Crippen LogP contribution in [0, 0.1) is 6.92 Å². The molecule has 1 aromatic heterocycles. The zero-order chi connectivity index (χ0) is 10.8. The molecule has 14 heavy (non-hydrogen) atoms. The highest BCUT2D eigenvalue weighted by molar-refractivity contribution is 7.90. The molecule has 0 amide bonds. The average Bonchev–Trinajstić information content (AvgIpc) is 2.52. The van der Waals surface area contributed by atoms with Gasteiger partial charge in [-0.3, -0.25) is 0 Å². The van der Waals surface area contributed by atoms with Crippen LogP contribution in [0.1, 0.15) is 10.6 Å². The van der Waals surface area contributed by atoms with Crippen LogP contribution in [0.4, 0.5) is 0 Å². The first-order chi connectivity index (χ1) is 6.47. The third kappa shape index (κ3) is 2.66. The zero-order valence-electron chi connectivity index (χ0n) is 7.90. The van der Waals surface area contributed by atoms with Crippen molar-refractivity contribution in [2.75, 3.05) is 12.3 Å². The maximum atomic E-state index is 11.3. The standard InChI is InChI=1S/C7H11ClN2O2S2/c1-6-7(13-5-9-6)3-10(2)14(11,12)4-8/h5H,3-4H2,1-2H3. The number of alkyl halides is 1. The van der Waals surface area contributed by atoms with Crippen LogP contribution >= 0.6 is 22.9 Å². The Morgan fingerprint density at radius 2 is 2.29 bits per heavy atom. The number of nitrogens with zero attached hydrogens (tertiary/aromatic N) is 2. The van der Waals surface area contributed by atoms with Crippen LogP contribution in [0.5, 0.6) is 0 Å². The average molecular weight is 255 g/mol. The molecule has 0 unspecified atom stereocenters. The summed E-state index contributed by atoms with van der Waals surface area (Å²) in [5.41, 5.74) is 2.57. The maximum absolute atomic E-state index is 11.3. The zero-order valence-corrected chi connectivity index (χ0v) is 10.3. The van der Waals surface area contributed by atoms with Gasteiger partial charge in [-0.25, -0.2) is 13.4 Å². The van der Waals surface area contributed by atoms with Gasteiger partial charge in [-0.05, 0) is 6.92 Å². The van der Waals surface area contributed by atoms with Gasteiger partial charge in [0.2, 0.25) is 10.0 Å². The minimum atomic E-state index is -3.31. The van der Waals surface area contributed by atoms with Crippen molar-refractivity contribution in [3.05, 3.63) is 16.1 Å². The molecule has 0 bridgehead atoms. The van der Waals surface area contributed by atoms with Gasteiger partial charge < -0.3 is 0 Å². The normalized spacial score (nSPS) is 12.3. The summed E-state index contributed by atoms with van der Waals surface area (Å²) in [5, 5.41) is -0.388. The molecule has 0 aromatic carbocycles. The molecule has 0 saturated heterocycles. The van der Waals surface area contributed by atoms with Crippen molar-refractivity contribution in [3.63, 3.8) is 0 Å². The van der Waals surface area contributed by atoms with Crippen molar-refractivity contribution >= 4 is 33.0 Å². The topological polar surface area (TPSA) is 50.3 Å². The fraction of sp³-hybridized carbons (Fsp3) is 0.571. The molecule has 0 atom stereocenters. The second-order valence-electron chi connectivity index (χ2n) is 2.84. The van der Waals surface area contributed by atoms with E-state index in [9.17, 15) is 8.42 Å². The van der Waals surface area contributed by atoms with Crippen LogP contribution in [-0.2, 0) is 16.6 Å². The van der Waals surface area contributed by atoms with Crippen molar-refractivity contribution < 1.29 is 8.42 Å². The summed E-state index contributed by atoms with van der Waals surface area (Å²) in [6.45, 7) is 2.19. The van der Waals surface area contributed by atoms with Gasteiger partial charge >= 0.3 is 0 Å². The van der Waals surface area contributed by atoms with E-state index in [1.807, 2.05) is 6.92 Å². The molecule has 0 N–H and O–H groups in total. The quantitative estimate of drug-likeness (QED) is 0.764. The summed E-state index contributed by atoms with van der Waals surface area (Å²) >= 11 is 6.77. The molecule has 80 valence electrons. The smallest absolute Gasteiger partial charge is 0.228 e. The Kier molecular flexibility index (Phi) is 3.88. The molecule has 7 heteroatoms. The van der Waals surface area contributed by atoms with Crippen LogP contribution in [-0.4, -0.2) is 30.0 Å². The fourth-order valence-electron chi connectivity index (χ4n) is 0.862. The van der Waals surface area contributed by atoms with Gasteiger partial charge in [-0.2, -0.15) is 4.31 Å². The van der Waals surface area contributed by atoms with E-state index in [0.717, 1.165) is 10.6 Å². The molecular formula is C7H11ClN2O2S2. The van der Waals surface area contributed by atoms with E-state index in [2.05, 4.69) is 4.98 Å². The molecule has 4 nitrogen and oxygen atoms in total. The Balaban J connectivity index is 2.76. The van der Waals surface area contributed by atoms with Gasteiger partial charge in [0.25, 0.3) is 0 Å². The highest BCUT2D eigenvalue weighted by Crippen LogP contribution is 2.16. The van der Waals surface area contributed by atoms with Crippen molar-refractivity contribution in [2.45, 2.75) is 13.5 Å². The Morgan fingerprint density at radius 1 is 1.64 bits per heavy atom. The monoisotopic (exact) mass is 254 g/mol.